The van der Waals surface area contributed by atoms with Gasteiger partial charge in [-0.1, -0.05) is 19.1 Å². The molecule has 5 heteroatoms. The van der Waals surface area contributed by atoms with Gasteiger partial charge in [0, 0.05) is 5.56 Å². The number of H-pyrrole nitrogens is 1. The van der Waals surface area contributed by atoms with Gasteiger partial charge in [0.05, 0.1) is 5.69 Å². The summed E-state index contributed by atoms with van der Waals surface area (Å²) in [4.78, 5) is 0. The molecule has 0 amide bonds. The summed E-state index contributed by atoms with van der Waals surface area (Å²) in [6, 6.07) is 9.80. The van der Waals surface area contributed by atoms with Gasteiger partial charge in [0.1, 0.15) is 11.4 Å². The molecule has 0 saturated carbocycles. The number of halogens is 1. The maximum Gasteiger partial charge on any atom is 0.176 e. The van der Waals surface area contributed by atoms with Crippen LogP contribution in [-0.4, -0.2) is 15.3 Å². The Hall–Kier alpha value is -2.82. The lowest BCUT2D eigenvalue weighted by atomic mass is 10.00. The molecule has 0 aliphatic heterocycles. The standard InChI is InChI=1S/C19H19FN2O2/c1-4-13-10-14(16(23)9-11(13)2)18-19(12(3)21-22-18)24-17-8-6-5-7-15(17)20/h5-10,23H,4H2,1-3H3,(H,21,22). The third-order valence-corrected chi connectivity index (χ3v) is 4.03. The second-order valence-electron chi connectivity index (χ2n) is 5.71. The zero-order valence-electron chi connectivity index (χ0n) is 13.9. The number of benzene rings is 2. The van der Waals surface area contributed by atoms with Gasteiger partial charge in [0.2, 0.25) is 0 Å². The summed E-state index contributed by atoms with van der Waals surface area (Å²) >= 11 is 0. The Bertz CT molecular complexity index is 887. The van der Waals surface area contributed by atoms with Crippen LogP contribution in [0.25, 0.3) is 11.3 Å². The van der Waals surface area contributed by atoms with E-state index in [9.17, 15) is 9.50 Å². The summed E-state index contributed by atoms with van der Waals surface area (Å²) in [6.45, 7) is 5.79. The number of aryl methyl sites for hydroxylation is 3. The second kappa shape index (κ2) is 6.35. The smallest absolute Gasteiger partial charge is 0.176 e. The zero-order valence-corrected chi connectivity index (χ0v) is 13.9. The van der Waals surface area contributed by atoms with Crippen molar-refractivity contribution in [1.29, 1.82) is 0 Å². The Morgan fingerprint density at radius 1 is 1.21 bits per heavy atom. The van der Waals surface area contributed by atoms with Gasteiger partial charge >= 0.3 is 0 Å². The molecule has 124 valence electrons. The normalized spacial score (nSPS) is 10.8. The molecule has 0 spiro atoms. The van der Waals surface area contributed by atoms with Crippen molar-refractivity contribution in [2.45, 2.75) is 27.2 Å². The number of nitrogens with zero attached hydrogens (tertiary/aromatic N) is 1. The highest BCUT2D eigenvalue weighted by atomic mass is 19.1. The van der Waals surface area contributed by atoms with Crippen LogP contribution >= 0.6 is 0 Å². The van der Waals surface area contributed by atoms with Crippen LogP contribution in [0.15, 0.2) is 36.4 Å². The van der Waals surface area contributed by atoms with E-state index in [-0.39, 0.29) is 11.5 Å². The van der Waals surface area contributed by atoms with E-state index in [0.29, 0.717) is 22.7 Å². The highest BCUT2D eigenvalue weighted by molar-refractivity contribution is 5.74. The SMILES string of the molecule is CCc1cc(-c2n[nH]c(C)c2Oc2ccccc2F)c(O)cc1C. The number of phenolic OH excluding ortho intramolecular Hbond substituents is 1. The Labute approximate surface area is 139 Å². The van der Waals surface area contributed by atoms with Crippen molar-refractivity contribution in [3.8, 4) is 28.5 Å². The molecule has 0 unspecified atom stereocenters. The van der Waals surface area contributed by atoms with E-state index >= 15 is 0 Å². The third kappa shape index (κ3) is 2.85. The van der Waals surface area contributed by atoms with E-state index in [4.69, 9.17) is 4.74 Å². The van der Waals surface area contributed by atoms with Crippen molar-refractivity contribution in [3.63, 3.8) is 0 Å². The molecule has 0 fully saturated rings. The van der Waals surface area contributed by atoms with Gasteiger partial charge in [0.15, 0.2) is 17.3 Å². The first-order valence-corrected chi connectivity index (χ1v) is 7.81. The number of para-hydroxylation sites is 1. The number of hydrogen-bond acceptors (Lipinski definition) is 3. The van der Waals surface area contributed by atoms with Gasteiger partial charge in [-0.3, -0.25) is 5.10 Å². The van der Waals surface area contributed by atoms with Crippen LogP contribution in [0.3, 0.4) is 0 Å². The Morgan fingerprint density at radius 2 is 1.96 bits per heavy atom. The number of hydrogen-bond donors (Lipinski definition) is 2. The molecule has 0 saturated heterocycles. The Morgan fingerprint density at radius 3 is 2.67 bits per heavy atom. The van der Waals surface area contributed by atoms with Crippen LogP contribution in [0.4, 0.5) is 4.39 Å². The molecular weight excluding hydrogens is 307 g/mol. The summed E-state index contributed by atoms with van der Waals surface area (Å²) in [7, 11) is 0. The van der Waals surface area contributed by atoms with Crippen LogP contribution in [0, 0.1) is 19.7 Å². The molecule has 0 aliphatic carbocycles. The molecule has 1 heterocycles. The van der Waals surface area contributed by atoms with Crippen molar-refractivity contribution in [3.05, 3.63) is 59.0 Å². The largest absolute Gasteiger partial charge is 0.507 e. The summed E-state index contributed by atoms with van der Waals surface area (Å²) in [6.07, 6.45) is 0.839. The molecular formula is C19H19FN2O2. The van der Waals surface area contributed by atoms with Crippen LogP contribution in [0.5, 0.6) is 17.2 Å². The average Bonchev–Trinajstić information content (AvgIpc) is 2.91. The maximum absolute atomic E-state index is 13.9. The minimum atomic E-state index is -0.452. The van der Waals surface area contributed by atoms with E-state index in [1.54, 1.807) is 31.2 Å². The highest BCUT2D eigenvalue weighted by Crippen LogP contribution is 2.40. The predicted octanol–water partition coefficient (Wildman–Crippen LogP) is 4.89. The van der Waals surface area contributed by atoms with E-state index in [2.05, 4.69) is 17.1 Å². The maximum atomic E-state index is 13.9. The van der Waals surface area contributed by atoms with Crippen LogP contribution in [0.1, 0.15) is 23.7 Å². The van der Waals surface area contributed by atoms with Gasteiger partial charge < -0.3 is 9.84 Å². The van der Waals surface area contributed by atoms with Gasteiger partial charge in [0.25, 0.3) is 0 Å². The number of rotatable bonds is 4. The van der Waals surface area contributed by atoms with Crippen LogP contribution < -0.4 is 4.74 Å². The molecule has 3 rings (SSSR count). The fourth-order valence-electron chi connectivity index (χ4n) is 2.67. The summed E-state index contributed by atoms with van der Waals surface area (Å²) < 4.78 is 19.6. The molecule has 4 nitrogen and oxygen atoms in total. The first kappa shape index (κ1) is 16.1. The quantitative estimate of drug-likeness (QED) is 0.717. The van der Waals surface area contributed by atoms with Crippen molar-refractivity contribution in [2.75, 3.05) is 0 Å². The monoisotopic (exact) mass is 326 g/mol. The molecule has 2 aromatic carbocycles. The number of aromatic amines is 1. The first-order valence-electron chi connectivity index (χ1n) is 7.81. The van der Waals surface area contributed by atoms with Gasteiger partial charge in [-0.2, -0.15) is 5.10 Å². The highest BCUT2D eigenvalue weighted by Gasteiger charge is 2.19. The number of aromatic nitrogens is 2. The average molecular weight is 326 g/mol. The fourth-order valence-corrected chi connectivity index (χ4v) is 2.67. The molecule has 2 N–H and O–H groups in total. The van der Waals surface area contributed by atoms with E-state index in [0.717, 1.165) is 17.5 Å². The van der Waals surface area contributed by atoms with Gasteiger partial charge in [-0.25, -0.2) is 4.39 Å². The zero-order chi connectivity index (χ0) is 17.3. The van der Waals surface area contributed by atoms with Crippen molar-refractivity contribution in [1.82, 2.24) is 10.2 Å². The number of nitrogens with one attached hydrogen (secondary N) is 1. The van der Waals surface area contributed by atoms with Crippen molar-refractivity contribution >= 4 is 0 Å². The van der Waals surface area contributed by atoms with Crippen molar-refractivity contribution in [2.24, 2.45) is 0 Å². The molecule has 0 bridgehead atoms. The number of ether oxygens (including phenoxy) is 1. The predicted molar refractivity (Wildman–Crippen MR) is 91.0 cm³/mol. The minimum Gasteiger partial charge on any atom is -0.507 e. The fraction of sp³-hybridized carbons (Fsp3) is 0.211. The van der Waals surface area contributed by atoms with Gasteiger partial charge in [-0.05, 0) is 55.7 Å². The van der Waals surface area contributed by atoms with E-state index < -0.39 is 5.82 Å². The number of aromatic hydroxyl groups is 1. The number of phenols is 1. The van der Waals surface area contributed by atoms with E-state index in [1.807, 2.05) is 13.0 Å². The van der Waals surface area contributed by atoms with E-state index in [1.165, 1.54) is 6.07 Å². The molecule has 3 aromatic rings. The third-order valence-electron chi connectivity index (χ3n) is 4.03. The Balaban J connectivity index is 2.10. The molecule has 0 radical (unpaired) electrons. The summed E-state index contributed by atoms with van der Waals surface area (Å²) in [5.74, 6) is 0.188. The lowest BCUT2D eigenvalue weighted by Gasteiger charge is -2.11. The summed E-state index contributed by atoms with van der Waals surface area (Å²) in [5, 5.41) is 17.4. The minimum absolute atomic E-state index is 0.116. The van der Waals surface area contributed by atoms with Crippen LogP contribution in [-0.2, 0) is 6.42 Å². The van der Waals surface area contributed by atoms with Crippen LogP contribution in [0.2, 0.25) is 0 Å². The molecule has 1 aromatic heterocycles. The first-order chi connectivity index (χ1) is 11.5. The molecule has 0 aliphatic rings. The lowest BCUT2D eigenvalue weighted by Crippen LogP contribution is -1.93. The molecule has 24 heavy (non-hydrogen) atoms. The topological polar surface area (TPSA) is 58.1 Å². The van der Waals surface area contributed by atoms with Gasteiger partial charge in [-0.15, -0.1) is 0 Å². The Kier molecular flexibility index (Phi) is 4.25. The van der Waals surface area contributed by atoms with Crippen molar-refractivity contribution < 1.29 is 14.2 Å². The lowest BCUT2D eigenvalue weighted by molar-refractivity contribution is 0.440. The summed E-state index contributed by atoms with van der Waals surface area (Å²) in [5.41, 5.74) is 3.81. The second-order valence-corrected chi connectivity index (χ2v) is 5.71. The molecule has 0 atom stereocenters.